The molecule has 0 bridgehead atoms. The molecule has 1 heterocycles. The zero-order chi connectivity index (χ0) is 8.43. The van der Waals surface area contributed by atoms with Gasteiger partial charge in [0.05, 0.1) is 11.8 Å². The first-order chi connectivity index (χ1) is 5.16. The summed E-state index contributed by atoms with van der Waals surface area (Å²) in [4.78, 5) is 10.8. The van der Waals surface area contributed by atoms with Crippen molar-refractivity contribution in [1.82, 2.24) is 9.78 Å². The summed E-state index contributed by atoms with van der Waals surface area (Å²) >= 11 is 0. The monoisotopic (exact) mass is 149 g/mol. The van der Waals surface area contributed by atoms with Crippen LogP contribution in [0.5, 0.6) is 0 Å². The second-order valence-electron chi connectivity index (χ2n) is 2.20. The molecule has 0 amide bonds. The number of carbonyl (C=O) groups is 1. The zero-order valence-electron chi connectivity index (χ0n) is 6.33. The topological polar surface area (TPSA) is 58.7 Å². The van der Waals surface area contributed by atoms with E-state index in [9.17, 15) is 4.79 Å². The Hall–Kier alpha value is -1.63. The fraction of sp³-hybridized carbons (Fsp3) is 0.286. The number of hydrogen-bond acceptors (Lipinski definition) is 3. The minimum atomic E-state index is -0.130. The van der Waals surface area contributed by atoms with Crippen LogP contribution in [0.2, 0.25) is 0 Å². The Kier molecular flexibility index (Phi) is 1.73. The lowest BCUT2D eigenvalue weighted by Crippen LogP contribution is -1.98. The van der Waals surface area contributed by atoms with Crippen LogP contribution >= 0.6 is 0 Å². The van der Waals surface area contributed by atoms with Crippen LogP contribution in [-0.4, -0.2) is 15.6 Å². The van der Waals surface area contributed by atoms with Crippen molar-refractivity contribution >= 4 is 5.78 Å². The molecule has 1 aromatic rings. The number of aromatic nitrogens is 2. The Morgan fingerprint density at radius 2 is 2.45 bits per heavy atom. The first-order valence-corrected chi connectivity index (χ1v) is 3.10. The van der Waals surface area contributed by atoms with E-state index < -0.39 is 0 Å². The molecule has 0 aromatic carbocycles. The van der Waals surface area contributed by atoms with Gasteiger partial charge in [-0.25, -0.2) is 0 Å². The van der Waals surface area contributed by atoms with Crippen molar-refractivity contribution in [3.05, 3.63) is 17.5 Å². The number of nitrogens with zero attached hydrogens (tertiary/aromatic N) is 3. The minimum absolute atomic E-state index is 0.130. The average Bonchev–Trinajstić information content (AvgIpc) is 2.30. The van der Waals surface area contributed by atoms with E-state index in [1.165, 1.54) is 17.8 Å². The Bertz CT molecular complexity index is 332. The van der Waals surface area contributed by atoms with E-state index in [1.807, 2.05) is 6.07 Å². The second kappa shape index (κ2) is 2.54. The average molecular weight is 149 g/mol. The minimum Gasteiger partial charge on any atom is -0.294 e. The SMILES string of the molecule is CC(=O)c1cnn(C)c1C#N. The molecule has 0 saturated heterocycles. The van der Waals surface area contributed by atoms with Crippen LogP contribution in [0.4, 0.5) is 0 Å². The molecular formula is C7H7N3O. The number of rotatable bonds is 1. The van der Waals surface area contributed by atoms with Crippen LogP contribution in [-0.2, 0) is 7.05 Å². The van der Waals surface area contributed by atoms with Gasteiger partial charge < -0.3 is 0 Å². The molecule has 1 aromatic heterocycles. The number of carbonyl (C=O) groups excluding carboxylic acids is 1. The summed E-state index contributed by atoms with van der Waals surface area (Å²) in [5.41, 5.74) is 0.701. The van der Waals surface area contributed by atoms with Gasteiger partial charge in [-0.3, -0.25) is 9.48 Å². The van der Waals surface area contributed by atoms with E-state index in [1.54, 1.807) is 7.05 Å². The summed E-state index contributed by atoms with van der Waals surface area (Å²) in [5.74, 6) is -0.130. The maximum absolute atomic E-state index is 10.8. The summed E-state index contributed by atoms with van der Waals surface area (Å²) < 4.78 is 1.39. The normalized spacial score (nSPS) is 9.18. The number of nitriles is 1. The molecule has 11 heavy (non-hydrogen) atoms. The van der Waals surface area contributed by atoms with Crippen molar-refractivity contribution < 1.29 is 4.79 Å². The molecule has 56 valence electrons. The molecule has 0 N–H and O–H groups in total. The van der Waals surface area contributed by atoms with Crippen LogP contribution in [0.3, 0.4) is 0 Å². The summed E-state index contributed by atoms with van der Waals surface area (Å²) in [5, 5.41) is 12.4. The summed E-state index contributed by atoms with van der Waals surface area (Å²) in [7, 11) is 1.63. The molecule has 0 aliphatic heterocycles. The molecule has 0 atom stereocenters. The third-order valence-corrected chi connectivity index (χ3v) is 1.42. The van der Waals surface area contributed by atoms with Gasteiger partial charge in [0.15, 0.2) is 5.78 Å². The van der Waals surface area contributed by atoms with Crippen LogP contribution in [0.25, 0.3) is 0 Å². The van der Waals surface area contributed by atoms with Gasteiger partial charge in [0.2, 0.25) is 0 Å². The zero-order valence-corrected chi connectivity index (χ0v) is 6.33. The Morgan fingerprint density at radius 1 is 1.82 bits per heavy atom. The van der Waals surface area contributed by atoms with Gasteiger partial charge in [-0.1, -0.05) is 0 Å². The van der Waals surface area contributed by atoms with Gasteiger partial charge in [-0.05, 0) is 6.92 Å². The first-order valence-electron chi connectivity index (χ1n) is 3.10. The molecule has 0 fully saturated rings. The lowest BCUT2D eigenvalue weighted by Gasteiger charge is -1.90. The predicted molar refractivity (Wildman–Crippen MR) is 37.9 cm³/mol. The van der Waals surface area contributed by atoms with Crippen LogP contribution in [0.15, 0.2) is 6.20 Å². The van der Waals surface area contributed by atoms with E-state index in [0.717, 1.165) is 0 Å². The molecule has 0 unspecified atom stereocenters. The molecular weight excluding hydrogens is 142 g/mol. The molecule has 0 radical (unpaired) electrons. The van der Waals surface area contributed by atoms with Gasteiger partial charge in [-0.2, -0.15) is 10.4 Å². The Balaban J connectivity index is 3.30. The molecule has 4 heteroatoms. The Morgan fingerprint density at radius 3 is 2.82 bits per heavy atom. The third-order valence-electron chi connectivity index (χ3n) is 1.42. The van der Waals surface area contributed by atoms with Gasteiger partial charge in [0.1, 0.15) is 11.8 Å². The summed E-state index contributed by atoms with van der Waals surface area (Å²) in [6.07, 6.45) is 1.40. The van der Waals surface area contributed by atoms with E-state index in [0.29, 0.717) is 11.3 Å². The fourth-order valence-electron chi connectivity index (χ4n) is 0.828. The highest BCUT2D eigenvalue weighted by Crippen LogP contribution is 2.05. The van der Waals surface area contributed by atoms with Crippen LogP contribution in [0.1, 0.15) is 23.0 Å². The van der Waals surface area contributed by atoms with Crippen molar-refractivity contribution in [3.63, 3.8) is 0 Å². The second-order valence-corrected chi connectivity index (χ2v) is 2.20. The quantitative estimate of drug-likeness (QED) is 0.546. The maximum atomic E-state index is 10.8. The number of hydrogen-bond donors (Lipinski definition) is 0. The van der Waals surface area contributed by atoms with E-state index in [4.69, 9.17) is 5.26 Å². The van der Waals surface area contributed by atoms with Gasteiger partial charge in [0.25, 0.3) is 0 Å². The van der Waals surface area contributed by atoms with Crippen molar-refractivity contribution in [2.24, 2.45) is 7.05 Å². The van der Waals surface area contributed by atoms with Crippen LogP contribution < -0.4 is 0 Å². The molecule has 1 rings (SSSR count). The molecule has 0 saturated carbocycles. The molecule has 4 nitrogen and oxygen atoms in total. The van der Waals surface area contributed by atoms with E-state index >= 15 is 0 Å². The largest absolute Gasteiger partial charge is 0.294 e. The highest BCUT2D eigenvalue weighted by molar-refractivity contribution is 5.95. The lowest BCUT2D eigenvalue weighted by molar-refractivity contribution is 0.101. The highest BCUT2D eigenvalue weighted by atomic mass is 16.1. The third kappa shape index (κ3) is 1.13. The van der Waals surface area contributed by atoms with Crippen molar-refractivity contribution in [2.45, 2.75) is 6.92 Å². The highest BCUT2D eigenvalue weighted by Gasteiger charge is 2.10. The molecule has 0 spiro atoms. The number of aryl methyl sites for hydroxylation is 1. The molecule has 0 aliphatic carbocycles. The van der Waals surface area contributed by atoms with E-state index in [2.05, 4.69) is 5.10 Å². The lowest BCUT2D eigenvalue weighted by atomic mass is 10.2. The summed E-state index contributed by atoms with van der Waals surface area (Å²) in [6, 6.07) is 1.90. The number of ketones is 1. The van der Waals surface area contributed by atoms with Crippen molar-refractivity contribution in [1.29, 1.82) is 5.26 Å². The Labute approximate surface area is 64.1 Å². The first kappa shape index (κ1) is 7.48. The predicted octanol–water partition coefficient (Wildman–Crippen LogP) is 0.494. The fourth-order valence-corrected chi connectivity index (χ4v) is 0.828. The van der Waals surface area contributed by atoms with Gasteiger partial charge in [0, 0.05) is 7.05 Å². The standard InChI is InChI=1S/C7H7N3O/c1-5(11)6-4-9-10(2)7(6)3-8/h4H,1-2H3. The molecule has 0 aliphatic rings. The van der Waals surface area contributed by atoms with Crippen LogP contribution in [0, 0.1) is 11.3 Å². The van der Waals surface area contributed by atoms with E-state index in [-0.39, 0.29) is 5.78 Å². The van der Waals surface area contributed by atoms with Crippen molar-refractivity contribution in [3.8, 4) is 6.07 Å². The van der Waals surface area contributed by atoms with Crippen molar-refractivity contribution in [2.75, 3.05) is 0 Å². The van der Waals surface area contributed by atoms with Gasteiger partial charge >= 0.3 is 0 Å². The summed E-state index contributed by atoms with van der Waals surface area (Å²) in [6.45, 7) is 1.41. The smallest absolute Gasteiger partial charge is 0.164 e. The van der Waals surface area contributed by atoms with Gasteiger partial charge in [-0.15, -0.1) is 0 Å². The maximum Gasteiger partial charge on any atom is 0.164 e. The number of Topliss-reactive ketones (excluding diaryl/α,β-unsaturated/α-hetero) is 1.